The minimum atomic E-state index is 0.697. The van der Waals surface area contributed by atoms with Crippen molar-refractivity contribution < 1.29 is 4.74 Å². The van der Waals surface area contributed by atoms with Crippen molar-refractivity contribution in [3.63, 3.8) is 0 Å². The molecule has 7 nitrogen and oxygen atoms in total. The van der Waals surface area contributed by atoms with E-state index in [-0.39, 0.29) is 0 Å². The van der Waals surface area contributed by atoms with Gasteiger partial charge in [0.1, 0.15) is 11.5 Å². The first-order valence-corrected chi connectivity index (χ1v) is 29.5. The van der Waals surface area contributed by atoms with Crippen LogP contribution < -0.4 is 34.6 Å². The molecule has 13 aromatic carbocycles. The molecule has 0 unspecified atom stereocenters. The average molecular weight is 1180 g/mol. The SMILES string of the molecule is Brc1cc(N(c2ccccc2)c2ccccc2)cc(N(c2ccccc2)c2cccc(N(c3ccccc3)c3cc(N(c4ccccc4)c4ccccc4)cc(N(c4ccccc4)c4cccc(Oc5cccc(Nc6ccccc6)c5)c4)c3)c2)c1. The topological polar surface area (TPSA) is 37.5 Å². The Hall–Kier alpha value is -11.1. The van der Waals surface area contributed by atoms with Gasteiger partial charge in [-0.15, -0.1) is 0 Å². The Morgan fingerprint density at radius 3 is 0.779 bits per heavy atom. The van der Waals surface area contributed by atoms with Crippen molar-refractivity contribution in [1.82, 2.24) is 0 Å². The third-order valence-electron chi connectivity index (χ3n) is 14.7. The van der Waals surface area contributed by atoms with Crippen molar-refractivity contribution in [2.45, 2.75) is 0 Å². The molecule has 0 aliphatic carbocycles. The van der Waals surface area contributed by atoms with Crippen molar-refractivity contribution in [2.75, 3.05) is 29.8 Å². The van der Waals surface area contributed by atoms with Gasteiger partial charge >= 0.3 is 0 Å². The van der Waals surface area contributed by atoms with E-state index in [1.165, 1.54) is 0 Å². The standard InChI is InChI=1S/C78H59BrN6O/c79-59-50-72(81(62-31-11-2-12-32-62)63-33-13-3-14-34-63)54-73(51-59)83(66-39-19-6-20-40-66)69-45-26-46-70(53-69)84(67-41-21-7-22-42-67)75-55-74(82(64-35-15-4-16-36-64)65-37-17-5-18-38-65)56-76(57-75)85(68-43-23-8-24-44-68)71-47-27-49-78(58-71)86-77-48-25-30-61(52-77)80-60-28-9-1-10-29-60/h1-58,80H. The van der Waals surface area contributed by atoms with Crippen LogP contribution in [0.15, 0.2) is 356 Å². The Kier molecular flexibility index (Phi) is 16.1. The molecule has 0 spiro atoms. The molecule has 8 heteroatoms. The van der Waals surface area contributed by atoms with Gasteiger partial charge in [-0.05, 0) is 176 Å². The highest BCUT2D eigenvalue weighted by molar-refractivity contribution is 9.10. The molecule has 13 rings (SSSR count). The number of rotatable bonds is 19. The zero-order valence-corrected chi connectivity index (χ0v) is 48.6. The van der Waals surface area contributed by atoms with Crippen molar-refractivity contribution in [1.29, 1.82) is 0 Å². The van der Waals surface area contributed by atoms with Crippen LogP contribution in [0, 0.1) is 0 Å². The molecular formula is C78H59BrN6O. The maximum Gasteiger partial charge on any atom is 0.129 e. The molecule has 0 aliphatic rings. The fourth-order valence-electron chi connectivity index (χ4n) is 11.0. The maximum atomic E-state index is 6.74. The maximum absolute atomic E-state index is 6.74. The lowest BCUT2D eigenvalue weighted by Crippen LogP contribution is -2.17. The number of nitrogens with zero attached hydrogens (tertiary/aromatic N) is 5. The van der Waals surface area contributed by atoms with Crippen LogP contribution in [0.5, 0.6) is 11.5 Å². The summed E-state index contributed by atoms with van der Waals surface area (Å²) in [5, 5.41) is 3.52. The van der Waals surface area contributed by atoms with E-state index in [4.69, 9.17) is 4.74 Å². The van der Waals surface area contributed by atoms with Gasteiger partial charge in [0.2, 0.25) is 0 Å². The number of nitrogens with one attached hydrogen (secondary N) is 1. The lowest BCUT2D eigenvalue weighted by molar-refractivity contribution is 0.483. The molecule has 0 aromatic heterocycles. The number of hydrogen-bond acceptors (Lipinski definition) is 7. The second-order valence-electron chi connectivity index (χ2n) is 20.5. The molecule has 0 saturated heterocycles. The first-order chi connectivity index (χ1) is 42.5. The zero-order chi connectivity index (χ0) is 57.9. The Labute approximate surface area is 511 Å². The predicted octanol–water partition coefficient (Wildman–Crippen LogP) is 23.3. The zero-order valence-electron chi connectivity index (χ0n) is 47.0. The Morgan fingerprint density at radius 1 is 0.198 bits per heavy atom. The number of hydrogen-bond donors (Lipinski definition) is 1. The minimum Gasteiger partial charge on any atom is -0.457 e. The summed E-state index contributed by atoms with van der Waals surface area (Å²) < 4.78 is 7.69. The highest BCUT2D eigenvalue weighted by atomic mass is 79.9. The van der Waals surface area contributed by atoms with Crippen LogP contribution in [0.1, 0.15) is 0 Å². The van der Waals surface area contributed by atoms with E-state index in [0.29, 0.717) is 11.5 Å². The van der Waals surface area contributed by atoms with Gasteiger partial charge in [0, 0.05) is 96.2 Å². The summed E-state index contributed by atoms with van der Waals surface area (Å²) in [5.74, 6) is 1.41. The molecule has 0 fully saturated rings. The molecular weight excluding hydrogens is 1120 g/mol. The quantitative estimate of drug-likeness (QED) is 0.0865. The first-order valence-electron chi connectivity index (χ1n) is 28.7. The Bertz CT molecular complexity index is 4240. The minimum absolute atomic E-state index is 0.697. The summed E-state index contributed by atoms with van der Waals surface area (Å²) in [6, 6.07) is 123. The molecule has 0 bridgehead atoms. The van der Waals surface area contributed by atoms with Crippen molar-refractivity contribution in [3.8, 4) is 11.5 Å². The number of ether oxygens (including phenoxy) is 1. The smallest absolute Gasteiger partial charge is 0.129 e. The summed E-state index contributed by atoms with van der Waals surface area (Å²) in [6.07, 6.45) is 0. The first kappa shape index (κ1) is 54.2. The lowest BCUT2D eigenvalue weighted by Gasteiger charge is -2.33. The number of anilines is 17. The third kappa shape index (κ3) is 12.3. The van der Waals surface area contributed by atoms with Crippen LogP contribution in [0.25, 0.3) is 0 Å². The van der Waals surface area contributed by atoms with E-state index in [9.17, 15) is 0 Å². The van der Waals surface area contributed by atoms with Crippen LogP contribution in [-0.2, 0) is 0 Å². The van der Waals surface area contributed by atoms with Crippen LogP contribution in [0.4, 0.5) is 96.7 Å². The second kappa shape index (κ2) is 25.6. The third-order valence-corrected chi connectivity index (χ3v) is 15.2. The van der Waals surface area contributed by atoms with Gasteiger partial charge in [-0.2, -0.15) is 0 Å². The summed E-state index contributed by atoms with van der Waals surface area (Å²) in [6.45, 7) is 0. The molecule has 0 radical (unpaired) electrons. The highest BCUT2D eigenvalue weighted by Gasteiger charge is 2.25. The van der Waals surface area contributed by atoms with Crippen LogP contribution in [0.3, 0.4) is 0 Å². The van der Waals surface area contributed by atoms with Gasteiger partial charge < -0.3 is 34.6 Å². The van der Waals surface area contributed by atoms with Gasteiger partial charge in [0.25, 0.3) is 0 Å². The van der Waals surface area contributed by atoms with E-state index in [1.54, 1.807) is 0 Å². The van der Waals surface area contributed by atoms with Crippen LogP contribution >= 0.6 is 15.9 Å². The lowest BCUT2D eigenvalue weighted by atomic mass is 10.1. The van der Waals surface area contributed by atoms with Gasteiger partial charge in [0.05, 0.1) is 17.1 Å². The molecule has 0 aliphatic heterocycles. The molecule has 0 heterocycles. The average Bonchev–Trinajstić information content (AvgIpc) is 1.72. The molecule has 1 N–H and O–H groups in total. The van der Waals surface area contributed by atoms with E-state index in [1.807, 2.05) is 48.5 Å². The number of halogens is 1. The largest absolute Gasteiger partial charge is 0.457 e. The molecule has 414 valence electrons. The second-order valence-corrected chi connectivity index (χ2v) is 21.5. The fraction of sp³-hybridized carbons (Fsp3) is 0. The van der Waals surface area contributed by atoms with E-state index in [2.05, 4.69) is 349 Å². The number of benzene rings is 13. The predicted molar refractivity (Wildman–Crippen MR) is 364 cm³/mol. The van der Waals surface area contributed by atoms with Crippen LogP contribution in [-0.4, -0.2) is 0 Å². The van der Waals surface area contributed by atoms with E-state index in [0.717, 1.165) is 101 Å². The summed E-state index contributed by atoms with van der Waals surface area (Å²) >= 11 is 4.00. The van der Waals surface area contributed by atoms with Gasteiger partial charge in [-0.25, -0.2) is 0 Å². The summed E-state index contributed by atoms with van der Waals surface area (Å²) in [4.78, 5) is 11.7. The Morgan fingerprint density at radius 2 is 0.430 bits per heavy atom. The van der Waals surface area contributed by atoms with Crippen molar-refractivity contribution in [2.24, 2.45) is 0 Å². The molecule has 0 atom stereocenters. The van der Waals surface area contributed by atoms with E-state index >= 15 is 0 Å². The molecule has 13 aromatic rings. The van der Waals surface area contributed by atoms with Gasteiger partial charge in [-0.1, -0.05) is 180 Å². The fourth-order valence-corrected chi connectivity index (χ4v) is 11.4. The van der Waals surface area contributed by atoms with Gasteiger partial charge in [0.15, 0.2) is 0 Å². The highest BCUT2D eigenvalue weighted by Crippen LogP contribution is 2.49. The number of para-hydroxylation sites is 8. The molecule has 86 heavy (non-hydrogen) atoms. The summed E-state index contributed by atoms with van der Waals surface area (Å²) in [7, 11) is 0. The normalized spacial score (nSPS) is 10.8. The van der Waals surface area contributed by atoms with Gasteiger partial charge in [-0.3, -0.25) is 0 Å². The molecule has 0 amide bonds. The van der Waals surface area contributed by atoms with Crippen molar-refractivity contribution >= 4 is 113 Å². The summed E-state index contributed by atoms with van der Waals surface area (Å²) in [5.41, 5.74) is 16.7. The van der Waals surface area contributed by atoms with Crippen molar-refractivity contribution in [3.05, 3.63) is 356 Å². The van der Waals surface area contributed by atoms with E-state index < -0.39 is 0 Å². The molecule has 0 saturated carbocycles. The Balaban J connectivity index is 0.981. The monoisotopic (exact) mass is 1170 g/mol. The van der Waals surface area contributed by atoms with Crippen LogP contribution in [0.2, 0.25) is 0 Å².